The van der Waals surface area contributed by atoms with Crippen LogP contribution in [0.15, 0.2) is 65.4 Å². The molecule has 2 aromatic carbocycles. The average molecular weight is 364 g/mol. The molecule has 0 radical (unpaired) electrons. The molecule has 0 saturated heterocycles. The summed E-state index contributed by atoms with van der Waals surface area (Å²) in [7, 11) is 0. The standard InChI is InChI=1S/C16H12BrClN2O/c17-15-8-12(18)6-7-14(15)16(21)11-9-19-20(10-11)13-4-2-1-3-5-13/h1-10,16,21H. The SMILES string of the molecule is OC(c1cnn(-c2ccccc2)c1)c1ccc(Cl)cc1Br. The van der Waals surface area contributed by atoms with Crippen molar-refractivity contribution >= 4 is 27.5 Å². The number of para-hydroxylation sites is 1. The monoisotopic (exact) mass is 362 g/mol. The topological polar surface area (TPSA) is 38.1 Å². The van der Waals surface area contributed by atoms with E-state index in [1.54, 1.807) is 29.1 Å². The third-order valence-electron chi connectivity index (χ3n) is 3.20. The molecule has 3 rings (SSSR count). The molecule has 106 valence electrons. The van der Waals surface area contributed by atoms with E-state index in [0.29, 0.717) is 5.02 Å². The maximum atomic E-state index is 10.5. The van der Waals surface area contributed by atoms with E-state index in [-0.39, 0.29) is 0 Å². The zero-order valence-electron chi connectivity index (χ0n) is 10.9. The van der Waals surface area contributed by atoms with E-state index >= 15 is 0 Å². The second-order valence-electron chi connectivity index (χ2n) is 4.62. The van der Waals surface area contributed by atoms with Gasteiger partial charge in [-0.15, -0.1) is 0 Å². The second kappa shape index (κ2) is 6.02. The maximum Gasteiger partial charge on any atom is 0.108 e. The number of rotatable bonds is 3. The van der Waals surface area contributed by atoms with Crippen LogP contribution in [-0.2, 0) is 0 Å². The van der Waals surface area contributed by atoms with Crippen molar-refractivity contribution in [1.82, 2.24) is 9.78 Å². The van der Waals surface area contributed by atoms with Crippen LogP contribution in [0.25, 0.3) is 5.69 Å². The lowest BCUT2D eigenvalue weighted by molar-refractivity contribution is 0.219. The molecule has 3 aromatic rings. The molecule has 1 aromatic heterocycles. The lowest BCUT2D eigenvalue weighted by Crippen LogP contribution is -1.99. The highest BCUT2D eigenvalue weighted by Crippen LogP contribution is 2.30. The summed E-state index contributed by atoms with van der Waals surface area (Å²) in [6.45, 7) is 0. The van der Waals surface area contributed by atoms with Gasteiger partial charge in [-0.3, -0.25) is 0 Å². The highest BCUT2D eigenvalue weighted by Gasteiger charge is 2.16. The van der Waals surface area contributed by atoms with Crippen molar-refractivity contribution < 1.29 is 5.11 Å². The third-order valence-corrected chi connectivity index (χ3v) is 4.12. The number of halogens is 2. The highest BCUT2D eigenvalue weighted by atomic mass is 79.9. The number of aliphatic hydroxyl groups excluding tert-OH is 1. The van der Waals surface area contributed by atoms with Crippen LogP contribution in [0.4, 0.5) is 0 Å². The normalized spacial score (nSPS) is 12.3. The van der Waals surface area contributed by atoms with Crippen LogP contribution >= 0.6 is 27.5 Å². The van der Waals surface area contributed by atoms with Gasteiger partial charge in [-0.25, -0.2) is 4.68 Å². The van der Waals surface area contributed by atoms with Gasteiger partial charge in [-0.05, 0) is 29.8 Å². The van der Waals surface area contributed by atoms with Gasteiger partial charge in [-0.2, -0.15) is 5.10 Å². The van der Waals surface area contributed by atoms with Gasteiger partial charge in [0.15, 0.2) is 0 Å². The third kappa shape index (κ3) is 3.02. The predicted molar refractivity (Wildman–Crippen MR) is 86.8 cm³/mol. The summed E-state index contributed by atoms with van der Waals surface area (Å²) in [6.07, 6.45) is 2.73. The zero-order valence-corrected chi connectivity index (χ0v) is 13.3. The number of aromatic nitrogens is 2. The van der Waals surface area contributed by atoms with Gasteiger partial charge < -0.3 is 5.11 Å². The largest absolute Gasteiger partial charge is 0.383 e. The smallest absolute Gasteiger partial charge is 0.108 e. The molecule has 0 fully saturated rings. The number of benzene rings is 2. The Hall–Kier alpha value is -1.62. The van der Waals surface area contributed by atoms with Gasteiger partial charge in [0.1, 0.15) is 6.10 Å². The molecule has 0 spiro atoms. The maximum absolute atomic E-state index is 10.5. The van der Waals surface area contributed by atoms with Gasteiger partial charge in [0, 0.05) is 21.3 Å². The summed E-state index contributed by atoms with van der Waals surface area (Å²) in [5.74, 6) is 0. The van der Waals surface area contributed by atoms with Crippen molar-refractivity contribution in [3.8, 4) is 5.69 Å². The van der Waals surface area contributed by atoms with E-state index in [1.807, 2.05) is 36.5 Å². The van der Waals surface area contributed by atoms with Crippen molar-refractivity contribution in [2.75, 3.05) is 0 Å². The van der Waals surface area contributed by atoms with Crippen molar-refractivity contribution in [3.63, 3.8) is 0 Å². The van der Waals surface area contributed by atoms with Crippen LogP contribution < -0.4 is 0 Å². The van der Waals surface area contributed by atoms with E-state index in [1.165, 1.54) is 0 Å². The molecule has 0 bridgehead atoms. The summed E-state index contributed by atoms with van der Waals surface area (Å²) < 4.78 is 2.51. The summed E-state index contributed by atoms with van der Waals surface area (Å²) in [4.78, 5) is 0. The Balaban J connectivity index is 1.92. The van der Waals surface area contributed by atoms with E-state index < -0.39 is 6.10 Å². The van der Waals surface area contributed by atoms with Gasteiger partial charge in [0.2, 0.25) is 0 Å². The zero-order chi connectivity index (χ0) is 14.8. The quantitative estimate of drug-likeness (QED) is 0.750. The molecule has 3 nitrogen and oxygen atoms in total. The minimum atomic E-state index is -0.755. The Morgan fingerprint density at radius 3 is 2.62 bits per heavy atom. The van der Waals surface area contributed by atoms with Gasteiger partial charge in [-0.1, -0.05) is 51.8 Å². The van der Waals surface area contributed by atoms with Crippen molar-refractivity contribution in [3.05, 3.63) is 81.5 Å². The number of hydrogen-bond donors (Lipinski definition) is 1. The van der Waals surface area contributed by atoms with E-state index in [2.05, 4.69) is 21.0 Å². The average Bonchev–Trinajstić information content (AvgIpc) is 2.97. The van der Waals surface area contributed by atoms with E-state index in [9.17, 15) is 5.11 Å². The fraction of sp³-hybridized carbons (Fsp3) is 0.0625. The Labute approximate surface area is 135 Å². The Bertz CT molecular complexity index is 758. The molecule has 1 atom stereocenters. The Morgan fingerprint density at radius 1 is 1.14 bits per heavy atom. The number of nitrogens with zero attached hydrogens (tertiary/aromatic N) is 2. The fourth-order valence-electron chi connectivity index (χ4n) is 2.10. The van der Waals surface area contributed by atoms with Crippen LogP contribution in [0.3, 0.4) is 0 Å². The molecule has 0 saturated carbocycles. The molecule has 1 heterocycles. The molecular formula is C16H12BrClN2O. The first-order chi connectivity index (χ1) is 10.1. The lowest BCUT2D eigenvalue weighted by atomic mass is 10.1. The molecule has 1 N–H and O–H groups in total. The van der Waals surface area contributed by atoms with Crippen LogP contribution in [-0.4, -0.2) is 14.9 Å². The fourth-order valence-corrected chi connectivity index (χ4v) is 3.00. The molecule has 1 unspecified atom stereocenters. The van der Waals surface area contributed by atoms with E-state index in [4.69, 9.17) is 11.6 Å². The second-order valence-corrected chi connectivity index (χ2v) is 5.91. The summed E-state index contributed by atoms with van der Waals surface area (Å²) in [5, 5.41) is 15.4. The molecular weight excluding hydrogens is 352 g/mol. The van der Waals surface area contributed by atoms with Crippen LogP contribution in [0.5, 0.6) is 0 Å². The number of aliphatic hydroxyl groups is 1. The first-order valence-electron chi connectivity index (χ1n) is 6.38. The Morgan fingerprint density at radius 2 is 1.90 bits per heavy atom. The molecule has 0 aliphatic rings. The summed E-state index contributed by atoms with van der Waals surface area (Å²) in [5.41, 5.74) is 2.43. The molecule has 21 heavy (non-hydrogen) atoms. The van der Waals surface area contributed by atoms with Gasteiger partial charge in [0.25, 0.3) is 0 Å². The van der Waals surface area contributed by atoms with Crippen molar-refractivity contribution in [2.45, 2.75) is 6.10 Å². The van der Waals surface area contributed by atoms with Crippen molar-refractivity contribution in [2.24, 2.45) is 0 Å². The summed E-state index contributed by atoms with van der Waals surface area (Å²) >= 11 is 9.35. The van der Waals surface area contributed by atoms with Crippen LogP contribution in [0.1, 0.15) is 17.2 Å². The molecule has 5 heteroatoms. The molecule has 0 aliphatic carbocycles. The van der Waals surface area contributed by atoms with Gasteiger partial charge >= 0.3 is 0 Å². The molecule has 0 aliphatic heterocycles. The first-order valence-corrected chi connectivity index (χ1v) is 7.55. The minimum Gasteiger partial charge on any atom is -0.383 e. The van der Waals surface area contributed by atoms with Crippen LogP contribution in [0, 0.1) is 0 Å². The lowest BCUT2D eigenvalue weighted by Gasteiger charge is -2.11. The highest BCUT2D eigenvalue weighted by molar-refractivity contribution is 9.10. The number of hydrogen-bond acceptors (Lipinski definition) is 2. The minimum absolute atomic E-state index is 0.623. The van der Waals surface area contributed by atoms with E-state index in [0.717, 1.165) is 21.3 Å². The predicted octanol–water partition coefficient (Wildman–Crippen LogP) is 4.37. The first kappa shape index (κ1) is 14.3. The molecule has 0 amide bonds. The van der Waals surface area contributed by atoms with Crippen LogP contribution in [0.2, 0.25) is 5.02 Å². The van der Waals surface area contributed by atoms with Crippen molar-refractivity contribution in [1.29, 1.82) is 0 Å². The Kier molecular flexibility index (Phi) is 4.10. The summed E-state index contributed by atoms with van der Waals surface area (Å²) in [6, 6.07) is 15.1. The van der Waals surface area contributed by atoms with Gasteiger partial charge in [0.05, 0.1) is 11.9 Å².